The summed E-state index contributed by atoms with van der Waals surface area (Å²) < 4.78 is 27.7. The van der Waals surface area contributed by atoms with Gasteiger partial charge in [0.1, 0.15) is 11.5 Å². The molecule has 2 aromatic rings. The third-order valence-corrected chi connectivity index (χ3v) is 5.96. The first-order chi connectivity index (χ1) is 16.4. The van der Waals surface area contributed by atoms with E-state index in [0.29, 0.717) is 42.7 Å². The molecule has 1 saturated heterocycles. The van der Waals surface area contributed by atoms with Gasteiger partial charge in [0.05, 0.1) is 26.9 Å². The fourth-order valence-corrected chi connectivity index (χ4v) is 4.39. The molecule has 0 saturated carbocycles. The number of fused-ring (bicyclic) bond motifs is 1. The lowest BCUT2D eigenvalue weighted by atomic mass is 10.1. The molecule has 0 aliphatic carbocycles. The van der Waals surface area contributed by atoms with E-state index in [4.69, 9.17) is 23.7 Å². The summed E-state index contributed by atoms with van der Waals surface area (Å²) in [4.78, 5) is 17.6. The quantitative estimate of drug-likeness (QED) is 0.556. The Labute approximate surface area is 201 Å². The molecule has 0 spiro atoms. The minimum atomic E-state index is -0.0713. The van der Waals surface area contributed by atoms with E-state index < -0.39 is 0 Å². The number of hydrogen-bond acceptors (Lipinski definition) is 7. The van der Waals surface area contributed by atoms with Gasteiger partial charge in [-0.2, -0.15) is 0 Å². The maximum atomic E-state index is 13.4. The standard InChI is InChI=1S/C26H34N2O6/c1-18(2)13-28(26(29)20-5-6-24-25(11-20)34-17-33-24)16-23-15-27(7-8-32-23)14-19-9-21(30-3)12-22(10-19)31-4/h5-6,9-12,18,23H,7-8,13-17H2,1-4H3. The van der Waals surface area contributed by atoms with E-state index in [0.717, 1.165) is 36.7 Å². The Kier molecular flexibility index (Phi) is 7.80. The number of carbonyl (C=O) groups excluding carboxylic acids is 1. The highest BCUT2D eigenvalue weighted by Gasteiger charge is 2.27. The first-order valence-corrected chi connectivity index (χ1v) is 11.7. The molecule has 2 aromatic carbocycles. The van der Waals surface area contributed by atoms with E-state index in [1.54, 1.807) is 32.4 Å². The van der Waals surface area contributed by atoms with Gasteiger partial charge >= 0.3 is 0 Å². The van der Waals surface area contributed by atoms with E-state index in [1.807, 2.05) is 23.1 Å². The largest absolute Gasteiger partial charge is 0.497 e. The summed E-state index contributed by atoms with van der Waals surface area (Å²) in [5, 5.41) is 0. The van der Waals surface area contributed by atoms with Crippen LogP contribution in [0, 0.1) is 5.92 Å². The molecule has 0 aromatic heterocycles. The van der Waals surface area contributed by atoms with Gasteiger partial charge < -0.3 is 28.6 Å². The topological polar surface area (TPSA) is 69.7 Å². The fraction of sp³-hybridized carbons (Fsp3) is 0.500. The molecule has 2 aliphatic rings. The Hall–Kier alpha value is -2.97. The van der Waals surface area contributed by atoms with Crippen LogP contribution in [0.4, 0.5) is 0 Å². The summed E-state index contributed by atoms with van der Waals surface area (Å²) in [6.07, 6.45) is -0.0713. The van der Waals surface area contributed by atoms with Crippen molar-refractivity contribution in [1.29, 1.82) is 0 Å². The SMILES string of the molecule is COc1cc(CN2CCOC(CN(CC(C)C)C(=O)c3ccc4c(c3)OCO4)C2)cc(OC)c1. The van der Waals surface area contributed by atoms with Crippen molar-refractivity contribution in [2.75, 3.05) is 53.8 Å². The van der Waals surface area contributed by atoms with Crippen LogP contribution in [0.1, 0.15) is 29.8 Å². The summed E-state index contributed by atoms with van der Waals surface area (Å²) in [5.41, 5.74) is 1.72. The molecule has 34 heavy (non-hydrogen) atoms. The van der Waals surface area contributed by atoms with Gasteiger partial charge in [-0.05, 0) is 41.8 Å². The highest BCUT2D eigenvalue weighted by molar-refractivity contribution is 5.95. The van der Waals surface area contributed by atoms with Gasteiger partial charge in [0.25, 0.3) is 5.91 Å². The second-order valence-electron chi connectivity index (χ2n) is 9.12. The Balaban J connectivity index is 1.43. The molecular weight excluding hydrogens is 436 g/mol. The third-order valence-electron chi connectivity index (χ3n) is 5.96. The zero-order valence-corrected chi connectivity index (χ0v) is 20.4. The minimum Gasteiger partial charge on any atom is -0.497 e. The molecule has 4 rings (SSSR count). The zero-order chi connectivity index (χ0) is 24.1. The lowest BCUT2D eigenvalue weighted by molar-refractivity contribution is -0.0438. The Bertz CT molecular complexity index is 973. The Morgan fingerprint density at radius 2 is 1.82 bits per heavy atom. The number of ether oxygens (including phenoxy) is 5. The molecule has 1 fully saturated rings. The summed E-state index contributed by atoms with van der Waals surface area (Å²) in [7, 11) is 3.31. The zero-order valence-electron chi connectivity index (χ0n) is 20.4. The van der Waals surface area contributed by atoms with Crippen LogP contribution >= 0.6 is 0 Å². The predicted molar refractivity (Wildman–Crippen MR) is 128 cm³/mol. The lowest BCUT2D eigenvalue weighted by Gasteiger charge is -2.36. The molecule has 0 N–H and O–H groups in total. The number of amides is 1. The van der Waals surface area contributed by atoms with Crippen LogP contribution in [-0.4, -0.2) is 75.6 Å². The van der Waals surface area contributed by atoms with E-state index in [9.17, 15) is 4.79 Å². The van der Waals surface area contributed by atoms with E-state index in [1.165, 1.54) is 0 Å². The summed E-state index contributed by atoms with van der Waals surface area (Å²) in [6.45, 7) is 8.55. The van der Waals surface area contributed by atoms with Crippen LogP contribution in [0.3, 0.4) is 0 Å². The van der Waals surface area contributed by atoms with Gasteiger partial charge in [-0.3, -0.25) is 9.69 Å². The van der Waals surface area contributed by atoms with Crippen molar-refractivity contribution in [3.63, 3.8) is 0 Å². The number of morpholine rings is 1. The van der Waals surface area contributed by atoms with Crippen LogP contribution < -0.4 is 18.9 Å². The van der Waals surface area contributed by atoms with Crippen molar-refractivity contribution in [1.82, 2.24) is 9.80 Å². The van der Waals surface area contributed by atoms with Gasteiger partial charge in [0, 0.05) is 44.4 Å². The van der Waals surface area contributed by atoms with Gasteiger partial charge in [0.15, 0.2) is 11.5 Å². The number of carbonyl (C=O) groups is 1. The Morgan fingerprint density at radius 3 is 2.53 bits per heavy atom. The fourth-order valence-electron chi connectivity index (χ4n) is 4.39. The summed E-state index contributed by atoms with van der Waals surface area (Å²) in [6, 6.07) is 11.3. The van der Waals surface area contributed by atoms with Crippen LogP contribution in [0.15, 0.2) is 36.4 Å². The van der Waals surface area contributed by atoms with E-state index in [2.05, 4.69) is 18.7 Å². The molecule has 2 aliphatic heterocycles. The van der Waals surface area contributed by atoms with Crippen molar-refractivity contribution in [3.05, 3.63) is 47.5 Å². The normalized spacial score (nSPS) is 17.6. The first-order valence-electron chi connectivity index (χ1n) is 11.7. The number of methoxy groups -OCH3 is 2. The van der Waals surface area contributed by atoms with Gasteiger partial charge in [-0.1, -0.05) is 13.8 Å². The smallest absolute Gasteiger partial charge is 0.254 e. The molecule has 8 heteroatoms. The highest BCUT2D eigenvalue weighted by Crippen LogP contribution is 2.33. The lowest BCUT2D eigenvalue weighted by Crippen LogP contribution is -2.49. The van der Waals surface area contributed by atoms with Crippen molar-refractivity contribution in [2.24, 2.45) is 5.92 Å². The molecule has 0 radical (unpaired) electrons. The first kappa shape index (κ1) is 24.2. The van der Waals surface area contributed by atoms with Crippen LogP contribution in [0.2, 0.25) is 0 Å². The number of nitrogens with zero attached hydrogens (tertiary/aromatic N) is 2. The Morgan fingerprint density at radius 1 is 1.09 bits per heavy atom. The summed E-state index contributed by atoms with van der Waals surface area (Å²) >= 11 is 0. The van der Waals surface area contributed by atoms with E-state index in [-0.39, 0.29) is 18.8 Å². The van der Waals surface area contributed by atoms with Crippen molar-refractivity contribution < 1.29 is 28.5 Å². The summed E-state index contributed by atoms with van der Waals surface area (Å²) in [5.74, 6) is 3.15. The van der Waals surface area contributed by atoms with E-state index >= 15 is 0 Å². The number of hydrogen-bond donors (Lipinski definition) is 0. The third kappa shape index (κ3) is 5.93. The molecule has 1 amide bonds. The van der Waals surface area contributed by atoms with Gasteiger partial charge in [-0.15, -0.1) is 0 Å². The van der Waals surface area contributed by atoms with Crippen LogP contribution in [0.5, 0.6) is 23.0 Å². The number of rotatable bonds is 9. The molecule has 0 bridgehead atoms. The monoisotopic (exact) mass is 470 g/mol. The minimum absolute atomic E-state index is 0.0229. The average molecular weight is 471 g/mol. The van der Waals surface area contributed by atoms with Gasteiger partial charge in [-0.25, -0.2) is 0 Å². The second-order valence-corrected chi connectivity index (χ2v) is 9.12. The number of benzene rings is 2. The van der Waals surface area contributed by atoms with Crippen molar-refractivity contribution in [2.45, 2.75) is 26.5 Å². The predicted octanol–water partition coefficient (Wildman–Crippen LogP) is 3.43. The van der Waals surface area contributed by atoms with Crippen molar-refractivity contribution in [3.8, 4) is 23.0 Å². The maximum Gasteiger partial charge on any atom is 0.254 e. The molecular formula is C26H34N2O6. The second kappa shape index (κ2) is 11.0. The molecule has 184 valence electrons. The molecule has 1 atom stereocenters. The maximum absolute atomic E-state index is 13.4. The molecule has 8 nitrogen and oxygen atoms in total. The molecule has 2 heterocycles. The molecule has 1 unspecified atom stereocenters. The van der Waals surface area contributed by atoms with Crippen LogP contribution in [0.25, 0.3) is 0 Å². The van der Waals surface area contributed by atoms with Gasteiger partial charge in [0.2, 0.25) is 6.79 Å². The van der Waals surface area contributed by atoms with Crippen molar-refractivity contribution >= 4 is 5.91 Å². The average Bonchev–Trinajstić information content (AvgIpc) is 3.31. The highest BCUT2D eigenvalue weighted by atomic mass is 16.7. The van der Waals surface area contributed by atoms with Crippen LogP contribution in [-0.2, 0) is 11.3 Å².